The number of methoxy groups -OCH3 is 1. The van der Waals surface area contributed by atoms with E-state index in [1.165, 1.54) is 4.70 Å². The van der Waals surface area contributed by atoms with Crippen LogP contribution in [0.4, 0.5) is 5.13 Å². The molecule has 19 heavy (non-hydrogen) atoms. The zero-order valence-electron chi connectivity index (χ0n) is 11.0. The Hall–Kier alpha value is -1.33. The Bertz CT molecular complexity index is 562. The largest absolute Gasteiger partial charge is 0.497 e. The van der Waals surface area contributed by atoms with Crippen molar-refractivity contribution >= 4 is 26.7 Å². The minimum absolute atomic E-state index is 0.310. The third-order valence-electron chi connectivity index (χ3n) is 3.73. The van der Waals surface area contributed by atoms with E-state index in [-0.39, 0.29) is 0 Å². The average Bonchev–Trinajstić information content (AvgIpc) is 2.90. The molecule has 3 rings (SSSR count). The number of hydrogen-bond acceptors (Lipinski definition) is 5. The second kappa shape index (κ2) is 5.35. The highest BCUT2D eigenvalue weighted by molar-refractivity contribution is 7.22. The van der Waals surface area contributed by atoms with Gasteiger partial charge < -0.3 is 14.7 Å². The number of anilines is 1. The van der Waals surface area contributed by atoms with Crippen LogP contribution in [0, 0.1) is 5.92 Å². The summed E-state index contributed by atoms with van der Waals surface area (Å²) in [4.78, 5) is 7.02. The third kappa shape index (κ3) is 2.53. The Kier molecular flexibility index (Phi) is 3.57. The minimum Gasteiger partial charge on any atom is -0.497 e. The van der Waals surface area contributed by atoms with Gasteiger partial charge in [-0.25, -0.2) is 4.98 Å². The number of rotatable bonds is 3. The zero-order chi connectivity index (χ0) is 13.2. The summed E-state index contributed by atoms with van der Waals surface area (Å²) in [7, 11) is 1.67. The van der Waals surface area contributed by atoms with Crippen molar-refractivity contribution < 1.29 is 9.84 Å². The number of piperidine rings is 1. The molecule has 0 bridgehead atoms. The van der Waals surface area contributed by atoms with Crippen LogP contribution < -0.4 is 9.64 Å². The van der Waals surface area contributed by atoms with Crippen LogP contribution in [0.1, 0.15) is 12.8 Å². The van der Waals surface area contributed by atoms with Gasteiger partial charge in [0.25, 0.3) is 0 Å². The first-order chi connectivity index (χ1) is 9.30. The molecule has 1 aliphatic heterocycles. The predicted molar refractivity (Wildman–Crippen MR) is 78.2 cm³/mol. The molecule has 0 radical (unpaired) electrons. The summed E-state index contributed by atoms with van der Waals surface area (Å²) in [5.74, 6) is 1.31. The molecule has 2 heterocycles. The fraction of sp³-hybridized carbons (Fsp3) is 0.500. The van der Waals surface area contributed by atoms with Crippen LogP contribution in [-0.2, 0) is 0 Å². The van der Waals surface area contributed by atoms with E-state index in [0.29, 0.717) is 12.5 Å². The molecule has 0 spiro atoms. The standard InChI is InChI=1S/C14H18N2O2S/c1-18-11-2-3-13-12(8-11)15-14(19-13)16-6-4-10(9-17)5-7-16/h2-3,8,10,17H,4-7,9H2,1H3. The number of aromatic nitrogens is 1. The fourth-order valence-corrected chi connectivity index (χ4v) is 3.46. The summed E-state index contributed by atoms with van der Waals surface area (Å²) < 4.78 is 6.42. The van der Waals surface area contributed by atoms with Crippen molar-refractivity contribution in [2.75, 3.05) is 31.7 Å². The van der Waals surface area contributed by atoms with E-state index in [1.807, 2.05) is 12.1 Å². The number of fused-ring (bicyclic) bond motifs is 1. The van der Waals surface area contributed by atoms with Gasteiger partial charge in [0.15, 0.2) is 5.13 Å². The quantitative estimate of drug-likeness (QED) is 0.937. The molecule has 1 saturated heterocycles. The zero-order valence-corrected chi connectivity index (χ0v) is 11.8. The van der Waals surface area contributed by atoms with Crippen molar-refractivity contribution in [1.29, 1.82) is 0 Å². The van der Waals surface area contributed by atoms with Gasteiger partial charge in [-0.1, -0.05) is 11.3 Å². The molecule has 0 aliphatic carbocycles. The first-order valence-corrected chi connectivity index (χ1v) is 7.42. The van der Waals surface area contributed by atoms with Gasteiger partial charge in [0.1, 0.15) is 5.75 Å². The lowest BCUT2D eigenvalue weighted by molar-refractivity contribution is 0.203. The van der Waals surface area contributed by atoms with E-state index < -0.39 is 0 Å². The average molecular weight is 278 g/mol. The predicted octanol–water partition coefficient (Wildman–Crippen LogP) is 2.51. The number of aliphatic hydroxyl groups excluding tert-OH is 1. The van der Waals surface area contributed by atoms with Crippen molar-refractivity contribution in [3.05, 3.63) is 18.2 Å². The summed E-state index contributed by atoms with van der Waals surface area (Å²) in [6.07, 6.45) is 2.10. The maximum atomic E-state index is 9.17. The molecule has 5 heteroatoms. The maximum absolute atomic E-state index is 9.17. The third-order valence-corrected chi connectivity index (χ3v) is 4.82. The molecule has 1 N–H and O–H groups in total. The molecule has 102 valence electrons. The van der Waals surface area contributed by atoms with Crippen LogP contribution in [0.3, 0.4) is 0 Å². The number of aliphatic hydroxyl groups is 1. The first kappa shape index (κ1) is 12.7. The molecule has 4 nitrogen and oxygen atoms in total. The summed E-state index contributed by atoms with van der Waals surface area (Å²) in [6, 6.07) is 6.02. The van der Waals surface area contributed by atoms with Gasteiger partial charge in [-0.3, -0.25) is 0 Å². The van der Waals surface area contributed by atoms with Crippen molar-refractivity contribution in [3.63, 3.8) is 0 Å². The highest BCUT2D eigenvalue weighted by Crippen LogP contribution is 2.33. The second-order valence-corrected chi connectivity index (χ2v) is 5.95. The number of nitrogens with zero attached hydrogens (tertiary/aromatic N) is 2. The highest BCUT2D eigenvalue weighted by atomic mass is 32.1. The Morgan fingerprint density at radius 3 is 2.89 bits per heavy atom. The van der Waals surface area contributed by atoms with Gasteiger partial charge in [0, 0.05) is 25.8 Å². The molecule has 0 unspecified atom stereocenters. The first-order valence-electron chi connectivity index (χ1n) is 6.60. The lowest BCUT2D eigenvalue weighted by Gasteiger charge is -2.30. The SMILES string of the molecule is COc1ccc2sc(N3CCC(CO)CC3)nc2c1. The summed E-state index contributed by atoms with van der Waals surface area (Å²) in [5.41, 5.74) is 1.00. The Morgan fingerprint density at radius 2 is 2.21 bits per heavy atom. The van der Waals surface area contributed by atoms with Crippen LogP contribution in [0.5, 0.6) is 5.75 Å². The summed E-state index contributed by atoms with van der Waals surface area (Å²) in [5, 5.41) is 10.3. The molecule has 0 amide bonds. The highest BCUT2D eigenvalue weighted by Gasteiger charge is 2.21. The smallest absolute Gasteiger partial charge is 0.186 e. The Morgan fingerprint density at radius 1 is 1.42 bits per heavy atom. The Labute approximate surface area is 116 Å². The van der Waals surface area contributed by atoms with Gasteiger partial charge in [0.05, 0.1) is 17.3 Å². The molecular formula is C14H18N2O2S. The number of hydrogen-bond donors (Lipinski definition) is 1. The van der Waals surface area contributed by atoms with Gasteiger partial charge in [-0.05, 0) is 30.9 Å². The molecule has 0 saturated carbocycles. The monoisotopic (exact) mass is 278 g/mol. The normalized spacial score (nSPS) is 17.1. The van der Waals surface area contributed by atoms with Crippen LogP contribution in [0.25, 0.3) is 10.2 Å². The van der Waals surface area contributed by atoms with Gasteiger partial charge in [0.2, 0.25) is 0 Å². The minimum atomic E-state index is 0.310. The van der Waals surface area contributed by atoms with Crippen molar-refractivity contribution in [2.24, 2.45) is 5.92 Å². The molecular weight excluding hydrogens is 260 g/mol. The summed E-state index contributed by atoms with van der Waals surface area (Å²) in [6.45, 7) is 2.29. The van der Waals surface area contributed by atoms with Gasteiger partial charge >= 0.3 is 0 Å². The lowest BCUT2D eigenvalue weighted by atomic mass is 9.98. The van der Waals surface area contributed by atoms with E-state index >= 15 is 0 Å². The maximum Gasteiger partial charge on any atom is 0.186 e. The number of ether oxygens (including phenoxy) is 1. The van der Waals surface area contributed by atoms with Crippen LogP contribution in [0.2, 0.25) is 0 Å². The molecule has 1 fully saturated rings. The van der Waals surface area contributed by atoms with E-state index in [1.54, 1.807) is 18.4 Å². The Balaban J connectivity index is 1.81. The molecule has 2 aromatic rings. The van der Waals surface area contributed by atoms with Crippen LogP contribution in [0.15, 0.2) is 18.2 Å². The van der Waals surface area contributed by atoms with E-state index in [9.17, 15) is 5.11 Å². The van der Waals surface area contributed by atoms with Crippen molar-refractivity contribution in [1.82, 2.24) is 4.98 Å². The number of benzene rings is 1. The van der Waals surface area contributed by atoms with Crippen molar-refractivity contribution in [2.45, 2.75) is 12.8 Å². The van der Waals surface area contributed by atoms with Gasteiger partial charge in [-0.2, -0.15) is 0 Å². The molecule has 1 aromatic heterocycles. The second-order valence-electron chi connectivity index (χ2n) is 4.94. The van der Waals surface area contributed by atoms with E-state index in [4.69, 9.17) is 9.72 Å². The number of thiazole rings is 1. The summed E-state index contributed by atoms with van der Waals surface area (Å²) >= 11 is 1.73. The molecule has 1 aliphatic rings. The lowest BCUT2D eigenvalue weighted by Crippen LogP contribution is -2.34. The van der Waals surface area contributed by atoms with E-state index in [0.717, 1.165) is 42.3 Å². The topological polar surface area (TPSA) is 45.6 Å². The molecule has 1 aromatic carbocycles. The van der Waals surface area contributed by atoms with E-state index in [2.05, 4.69) is 11.0 Å². The van der Waals surface area contributed by atoms with Crippen LogP contribution >= 0.6 is 11.3 Å². The fourth-order valence-electron chi connectivity index (χ4n) is 2.46. The van der Waals surface area contributed by atoms with Crippen molar-refractivity contribution in [3.8, 4) is 5.75 Å². The van der Waals surface area contributed by atoms with Crippen LogP contribution in [-0.4, -0.2) is 36.9 Å². The van der Waals surface area contributed by atoms with Gasteiger partial charge in [-0.15, -0.1) is 0 Å². The molecule has 0 atom stereocenters.